The van der Waals surface area contributed by atoms with E-state index in [1.54, 1.807) is 6.07 Å². The number of benzene rings is 2. The second-order valence-corrected chi connectivity index (χ2v) is 6.81. The number of rotatable bonds is 5. The molecule has 10 heteroatoms. The minimum atomic E-state index is -4.82. The van der Waals surface area contributed by atoms with Crippen molar-refractivity contribution in [1.29, 1.82) is 0 Å². The summed E-state index contributed by atoms with van der Waals surface area (Å²) in [5.41, 5.74) is 2.95. The topological polar surface area (TPSA) is 90.9 Å². The molecule has 0 bridgehead atoms. The third-order valence-electron chi connectivity index (χ3n) is 4.62. The number of nitrogens with one attached hydrogen (secondary N) is 2. The summed E-state index contributed by atoms with van der Waals surface area (Å²) in [4.78, 5) is 26.0. The smallest absolute Gasteiger partial charge is 0.406 e. The molecule has 1 aliphatic heterocycles. The molecule has 0 saturated heterocycles. The number of likely N-dealkylation sites (N-methyl/N-ethyl adjacent to an activating group) is 1. The molecular formula is C20H20F3N3O4. The van der Waals surface area contributed by atoms with Gasteiger partial charge >= 0.3 is 18.2 Å². The first-order valence-corrected chi connectivity index (χ1v) is 9.09. The van der Waals surface area contributed by atoms with Crippen LogP contribution in [-0.4, -0.2) is 43.4 Å². The minimum Gasteiger partial charge on any atom is -0.406 e. The fourth-order valence-electron chi connectivity index (χ4n) is 3.11. The Morgan fingerprint density at radius 1 is 1.17 bits per heavy atom. The van der Waals surface area contributed by atoms with Crippen LogP contribution in [0.15, 0.2) is 42.5 Å². The first-order valence-electron chi connectivity index (χ1n) is 9.09. The van der Waals surface area contributed by atoms with Crippen LogP contribution in [0.5, 0.6) is 5.75 Å². The molecule has 2 aromatic carbocycles. The molecule has 7 nitrogen and oxygen atoms in total. The number of carbonyl (C=O) groups excluding carboxylic acids is 2. The Labute approximate surface area is 170 Å². The summed E-state index contributed by atoms with van der Waals surface area (Å²) in [6.45, 7) is 0.730. The number of nitrogens with zero attached hydrogens (tertiary/aromatic N) is 1. The van der Waals surface area contributed by atoms with Crippen molar-refractivity contribution in [3.8, 4) is 5.75 Å². The van der Waals surface area contributed by atoms with E-state index in [2.05, 4.69) is 20.3 Å². The molecule has 0 unspecified atom stereocenters. The molecule has 0 saturated carbocycles. The van der Waals surface area contributed by atoms with E-state index in [9.17, 15) is 27.9 Å². The molecule has 30 heavy (non-hydrogen) atoms. The summed E-state index contributed by atoms with van der Waals surface area (Å²) < 4.78 is 40.2. The van der Waals surface area contributed by atoms with Crippen LogP contribution in [0.3, 0.4) is 0 Å². The summed E-state index contributed by atoms with van der Waals surface area (Å²) in [7, 11) is 1.98. The number of amides is 2. The second-order valence-electron chi connectivity index (χ2n) is 6.81. The number of fused-ring (bicyclic) bond motifs is 1. The van der Waals surface area contributed by atoms with Crippen LogP contribution < -0.4 is 20.3 Å². The van der Waals surface area contributed by atoms with E-state index in [0.717, 1.165) is 36.3 Å². The van der Waals surface area contributed by atoms with E-state index in [0.29, 0.717) is 5.56 Å². The maximum Gasteiger partial charge on any atom is 0.573 e. The normalized spacial score (nSPS) is 14.1. The summed E-state index contributed by atoms with van der Waals surface area (Å²) in [6.07, 6.45) is -4.94. The van der Waals surface area contributed by atoms with Crippen molar-refractivity contribution >= 4 is 23.2 Å². The third kappa shape index (κ3) is 5.41. The number of halogens is 3. The Morgan fingerprint density at radius 3 is 2.53 bits per heavy atom. The van der Waals surface area contributed by atoms with Crippen LogP contribution in [0, 0.1) is 0 Å². The zero-order chi connectivity index (χ0) is 21.9. The van der Waals surface area contributed by atoms with Gasteiger partial charge in [-0.25, -0.2) is 0 Å². The monoisotopic (exact) mass is 423 g/mol. The fraction of sp³-hybridized carbons (Fsp3) is 0.300. The summed E-state index contributed by atoms with van der Waals surface area (Å²) in [6, 6.07) is 9.90. The molecule has 0 aliphatic carbocycles. The van der Waals surface area contributed by atoms with Gasteiger partial charge in [0, 0.05) is 31.5 Å². The number of alkyl halides is 3. The van der Waals surface area contributed by atoms with Gasteiger partial charge in [0.1, 0.15) is 5.75 Å². The molecular weight excluding hydrogens is 403 g/mol. The second kappa shape index (κ2) is 8.62. The standard InChI is InChI=1S/C20H20F3N3O4/c1-26-9-8-12-10-13(2-7-16(12)26)17(27)11-24-18(28)19(29)25-14-3-5-15(6-4-14)30-20(21,22)23/h2-7,10,17,27H,8-9,11H2,1H3,(H,24,28)(H,25,29)/t17-/m1/s1. The molecule has 2 amide bonds. The lowest BCUT2D eigenvalue weighted by molar-refractivity contribution is -0.274. The Hall–Kier alpha value is -3.27. The number of hydrogen-bond donors (Lipinski definition) is 3. The first-order chi connectivity index (χ1) is 14.1. The van der Waals surface area contributed by atoms with Gasteiger partial charge in [-0.3, -0.25) is 9.59 Å². The molecule has 1 heterocycles. The van der Waals surface area contributed by atoms with Crippen LogP contribution in [-0.2, 0) is 16.0 Å². The average Bonchev–Trinajstić information content (AvgIpc) is 3.06. The van der Waals surface area contributed by atoms with E-state index in [-0.39, 0.29) is 12.2 Å². The van der Waals surface area contributed by atoms with Crippen LogP contribution >= 0.6 is 0 Å². The molecule has 2 aromatic rings. The van der Waals surface area contributed by atoms with Crippen molar-refractivity contribution in [2.45, 2.75) is 18.9 Å². The van der Waals surface area contributed by atoms with E-state index in [1.807, 2.05) is 19.2 Å². The Bertz CT molecular complexity index is 932. The third-order valence-corrected chi connectivity index (χ3v) is 4.62. The highest BCUT2D eigenvalue weighted by Crippen LogP contribution is 2.29. The number of aliphatic hydroxyl groups is 1. The summed E-state index contributed by atoms with van der Waals surface area (Å²) in [5, 5.41) is 14.9. The van der Waals surface area contributed by atoms with Gasteiger partial charge in [0.2, 0.25) is 0 Å². The van der Waals surface area contributed by atoms with Crippen molar-refractivity contribution < 1.29 is 32.6 Å². The molecule has 160 valence electrons. The molecule has 0 spiro atoms. The molecule has 1 aliphatic rings. The van der Waals surface area contributed by atoms with Crippen LogP contribution in [0.25, 0.3) is 0 Å². The Morgan fingerprint density at radius 2 is 1.87 bits per heavy atom. The van der Waals surface area contributed by atoms with Gasteiger partial charge < -0.3 is 25.4 Å². The summed E-state index contributed by atoms with van der Waals surface area (Å²) in [5.74, 6) is -2.44. The molecule has 0 radical (unpaired) electrons. The van der Waals surface area contributed by atoms with E-state index in [4.69, 9.17) is 0 Å². The molecule has 3 N–H and O–H groups in total. The van der Waals surface area contributed by atoms with Gasteiger partial charge in [0.05, 0.1) is 6.10 Å². The maximum absolute atomic E-state index is 12.1. The van der Waals surface area contributed by atoms with Gasteiger partial charge in [0.15, 0.2) is 0 Å². The van der Waals surface area contributed by atoms with E-state index >= 15 is 0 Å². The van der Waals surface area contributed by atoms with Crippen molar-refractivity contribution in [3.05, 3.63) is 53.6 Å². The molecule has 1 atom stereocenters. The van der Waals surface area contributed by atoms with Gasteiger partial charge in [-0.05, 0) is 47.9 Å². The summed E-state index contributed by atoms with van der Waals surface area (Å²) >= 11 is 0. The van der Waals surface area contributed by atoms with Gasteiger partial charge in [-0.15, -0.1) is 13.2 Å². The van der Waals surface area contributed by atoms with Crippen molar-refractivity contribution in [3.63, 3.8) is 0 Å². The quantitative estimate of drug-likeness (QED) is 0.643. The van der Waals surface area contributed by atoms with Crippen LogP contribution in [0.4, 0.5) is 24.5 Å². The van der Waals surface area contributed by atoms with E-state index in [1.165, 1.54) is 12.1 Å². The lowest BCUT2D eigenvalue weighted by Crippen LogP contribution is -2.37. The molecule has 3 rings (SSSR count). The fourth-order valence-corrected chi connectivity index (χ4v) is 3.11. The Balaban J connectivity index is 1.50. The molecule has 0 aromatic heterocycles. The number of anilines is 2. The highest BCUT2D eigenvalue weighted by Gasteiger charge is 2.31. The number of carbonyl (C=O) groups is 2. The minimum absolute atomic E-state index is 0.118. The van der Waals surface area contributed by atoms with Gasteiger partial charge in [0.25, 0.3) is 0 Å². The number of aliphatic hydroxyl groups excluding tert-OH is 1. The Kier molecular flexibility index (Phi) is 6.16. The zero-order valence-corrected chi connectivity index (χ0v) is 16.0. The largest absolute Gasteiger partial charge is 0.573 e. The van der Waals surface area contributed by atoms with Crippen LogP contribution in [0.1, 0.15) is 17.2 Å². The van der Waals surface area contributed by atoms with Gasteiger partial charge in [-0.2, -0.15) is 0 Å². The number of hydrogen-bond acceptors (Lipinski definition) is 5. The predicted molar refractivity (Wildman–Crippen MR) is 103 cm³/mol. The zero-order valence-electron chi connectivity index (χ0n) is 16.0. The van der Waals surface area contributed by atoms with Crippen LogP contribution in [0.2, 0.25) is 0 Å². The maximum atomic E-state index is 12.1. The average molecular weight is 423 g/mol. The van der Waals surface area contributed by atoms with E-state index < -0.39 is 30.0 Å². The molecule has 0 fully saturated rings. The lowest BCUT2D eigenvalue weighted by Gasteiger charge is -2.15. The highest BCUT2D eigenvalue weighted by molar-refractivity contribution is 6.39. The SMILES string of the molecule is CN1CCc2cc([C@H](O)CNC(=O)C(=O)Nc3ccc(OC(F)(F)F)cc3)ccc21. The highest BCUT2D eigenvalue weighted by atomic mass is 19.4. The number of ether oxygens (including phenoxy) is 1. The van der Waals surface area contributed by atoms with Crippen molar-refractivity contribution in [1.82, 2.24) is 5.32 Å². The van der Waals surface area contributed by atoms with Crippen molar-refractivity contribution in [2.75, 3.05) is 30.4 Å². The predicted octanol–water partition coefficient (Wildman–Crippen LogP) is 2.37. The first kappa shape index (κ1) is 21.4. The lowest BCUT2D eigenvalue weighted by atomic mass is 10.0. The van der Waals surface area contributed by atoms with Gasteiger partial charge in [-0.1, -0.05) is 12.1 Å². The van der Waals surface area contributed by atoms with Crippen molar-refractivity contribution in [2.24, 2.45) is 0 Å².